The van der Waals surface area contributed by atoms with Gasteiger partial charge in [0.1, 0.15) is 5.76 Å². The Bertz CT molecular complexity index is 1080. The molecule has 2 aromatic carbocycles. The summed E-state index contributed by atoms with van der Waals surface area (Å²) in [6.07, 6.45) is 1.57. The smallest absolute Gasteiger partial charge is 0.272 e. The minimum atomic E-state index is -0.414. The fraction of sp³-hybridized carbons (Fsp3) is 0.0476. The lowest BCUT2D eigenvalue weighted by Crippen LogP contribution is -2.31. The Morgan fingerprint density at radius 3 is 2.32 bits per heavy atom. The second-order valence-corrected chi connectivity index (χ2v) is 7.81. The lowest BCUT2D eigenvalue weighted by molar-refractivity contribution is -0.119. The maximum atomic E-state index is 13.2. The molecule has 2 amide bonds. The molecule has 2 heterocycles. The Labute approximate surface area is 175 Å². The van der Waals surface area contributed by atoms with E-state index in [1.54, 1.807) is 60.9 Å². The molecule has 0 N–H and O–H groups in total. The molecule has 0 aliphatic carbocycles. The third-order valence-corrected chi connectivity index (χ3v) is 5.87. The van der Waals surface area contributed by atoms with Crippen molar-refractivity contribution < 1.29 is 14.0 Å². The van der Waals surface area contributed by atoms with Gasteiger partial charge in [-0.2, -0.15) is 0 Å². The number of hydrogen-bond acceptors (Lipinski definition) is 4. The summed E-state index contributed by atoms with van der Waals surface area (Å²) in [5.41, 5.74) is 1.32. The number of hydrogen-bond donors (Lipinski definition) is 0. The first-order chi connectivity index (χ1) is 13.6. The summed E-state index contributed by atoms with van der Waals surface area (Å²) in [4.78, 5) is 27.9. The van der Waals surface area contributed by atoms with Crippen LogP contribution in [0.1, 0.15) is 11.3 Å². The van der Waals surface area contributed by atoms with Crippen molar-refractivity contribution >= 4 is 58.0 Å². The van der Waals surface area contributed by atoms with E-state index in [2.05, 4.69) is 0 Å². The van der Waals surface area contributed by atoms with E-state index < -0.39 is 11.8 Å². The number of imide groups is 1. The molecule has 28 heavy (non-hydrogen) atoms. The van der Waals surface area contributed by atoms with E-state index in [0.717, 1.165) is 4.90 Å². The molecule has 140 valence electrons. The Morgan fingerprint density at radius 1 is 0.893 bits per heavy atom. The fourth-order valence-corrected chi connectivity index (χ4v) is 4.27. The van der Waals surface area contributed by atoms with E-state index in [9.17, 15) is 9.59 Å². The number of benzene rings is 2. The van der Waals surface area contributed by atoms with Crippen LogP contribution in [0.25, 0.3) is 5.57 Å². The van der Waals surface area contributed by atoms with Crippen LogP contribution >= 0.6 is 35.0 Å². The minimum Gasteiger partial charge on any atom is -0.468 e. The lowest BCUT2D eigenvalue weighted by Gasteiger charge is -2.16. The number of rotatable bonds is 5. The van der Waals surface area contributed by atoms with E-state index in [1.807, 2.05) is 6.07 Å². The molecule has 1 aliphatic heterocycles. The molecule has 4 nitrogen and oxygen atoms in total. The molecule has 4 rings (SSSR count). The molecular weight excluding hydrogens is 417 g/mol. The van der Waals surface area contributed by atoms with E-state index in [1.165, 1.54) is 11.8 Å². The number of furan rings is 1. The SMILES string of the molecule is O=C1C(SCc2ccco2)=C(c2ccc(Cl)cc2)C(=O)N1c1ccccc1Cl. The van der Waals surface area contributed by atoms with Crippen LogP contribution in [0.15, 0.2) is 76.2 Å². The van der Waals surface area contributed by atoms with Gasteiger partial charge < -0.3 is 4.42 Å². The van der Waals surface area contributed by atoms with Crippen molar-refractivity contribution in [3.8, 4) is 0 Å². The summed E-state index contributed by atoms with van der Waals surface area (Å²) in [7, 11) is 0. The number of halogens is 2. The van der Waals surface area contributed by atoms with Gasteiger partial charge in [-0.25, -0.2) is 4.90 Å². The van der Waals surface area contributed by atoms with Crippen molar-refractivity contribution in [2.24, 2.45) is 0 Å². The first-order valence-electron chi connectivity index (χ1n) is 8.35. The van der Waals surface area contributed by atoms with Gasteiger partial charge in [0.25, 0.3) is 11.8 Å². The summed E-state index contributed by atoms with van der Waals surface area (Å²) in [6, 6.07) is 17.2. The zero-order chi connectivity index (χ0) is 19.7. The van der Waals surface area contributed by atoms with Gasteiger partial charge >= 0.3 is 0 Å². The Morgan fingerprint density at radius 2 is 1.64 bits per heavy atom. The molecule has 1 aromatic heterocycles. The molecule has 0 radical (unpaired) electrons. The highest BCUT2D eigenvalue weighted by Gasteiger charge is 2.41. The zero-order valence-corrected chi connectivity index (χ0v) is 16.7. The molecule has 7 heteroatoms. The fourth-order valence-electron chi connectivity index (χ4n) is 2.90. The molecule has 0 atom stereocenters. The van der Waals surface area contributed by atoms with Crippen LogP contribution in [0, 0.1) is 0 Å². The maximum Gasteiger partial charge on any atom is 0.272 e. The molecule has 0 saturated heterocycles. The number of carbonyl (C=O) groups excluding carboxylic acids is 2. The normalized spacial score (nSPS) is 14.3. The molecule has 0 spiro atoms. The third-order valence-electron chi connectivity index (χ3n) is 4.21. The molecule has 0 saturated carbocycles. The summed E-state index contributed by atoms with van der Waals surface area (Å²) in [5.74, 6) is 0.320. The number of para-hydroxylation sites is 1. The van der Waals surface area contributed by atoms with Gasteiger partial charge in [-0.1, -0.05) is 47.5 Å². The van der Waals surface area contributed by atoms with Crippen molar-refractivity contribution in [1.82, 2.24) is 0 Å². The van der Waals surface area contributed by atoms with Crippen LogP contribution in [0.4, 0.5) is 5.69 Å². The average molecular weight is 430 g/mol. The zero-order valence-electron chi connectivity index (χ0n) is 14.4. The van der Waals surface area contributed by atoms with Crippen LogP contribution in [-0.2, 0) is 15.3 Å². The van der Waals surface area contributed by atoms with E-state index in [-0.39, 0.29) is 0 Å². The summed E-state index contributed by atoms with van der Waals surface area (Å²) in [6.45, 7) is 0. The predicted octanol–water partition coefficient (Wildman–Crippen LogP) is 5.80. The Hall–Kier alpha value is -2.47. The van der Waals surface area contributed by atoms with Crippen molar-refractivity contribution in [3.05, 3.63) is 93.2 Å². The number of thioether (sulfide) groups is 1. The van der Waals surface area contributed by atoms with Crippen LogP contribution in [0.2, 0.25) is 10.0 Å². The van der Waals surface area contributed by atoms with Crippen LogP contribution in [-0.4, -0.2) is 11.8 Å². The Kier molecular flexibility index (Phi) is 5.31. The van der Waals surface area contributed by atoms with Crippen LogP contribution < -0.4 is 4.90 Å². The number of nitrogens with zero attached hydrogens (tertiary/aromatic N) is 1. The van der Waals surface area contributed by atoms with Gasteiger partial charge in [-0.3, -0.25) is 9.59 Å². The molecule has 0 fully saturated rings. The van der Waals surface area contributed by atoms with Gasteiger partial charge in [0.05, 0.1) is 33.2 Å². The lowest BCUT2D eigenvalue weighted by atomic mass is 10.1. The van der Waals surface area contributed by atoms with Crippen molar-refractivity contribution in [1.29, 1.82) is 0 Å². The van der Waals surface area contributed by atoms with Gasteiger partial charge in [0, 0.05) is 5.02 Å². The van der Waals surface area contributed by atoms with Crippen molar-refractivity contribution in [2.45, 2.75) is 5.75 Å². The number of carbonyl (C=O) groups is 2. The average Bonchev–Trinajstić information content (AvgIpc) is 3.28. The molecule has 0 unspecified atom stereocenters. The summed E-state index contributed by atoms with van der Waals surface area (Å²) in [5, 5.41) is 0.880. The van der Waals surface area contributed by atoms with E-state index >= 15 is 0 Å². The van der Waals surface area contributed by atoms with Gasteiger partial charge in [0.15, 0.2) is 0 Å². The molecule has 0 bridgehead atoms. The summed E-state index contributed by atoms with van der Waals surface area (Å²) < 4.78 is 5.35. The van der Waals surface area contributed by atoms with E-state index in [0.29, 0.717) is 43.3 Å². The first kappa shape index (κ1) is 18.9. The maximum absolute atomic E-state index is 13.2. The Balaban J connectivity index is 1.77. The van der Waals surface area contributed by atoms with E-state index in [4.69, 9.17) is 27.6 Å². The second-order valence-electron chi connectivity index (χ2n) is 5.98. The summed E-state index contributed by atoms with van der Waals surface area (Å²) >= 11 is 13.5. The molecular formula is C21H13Cl2NO3S. The highest BCUT2D eigenvalue weighted by Crippen LogP contribution is 2.41. The number of anilines is 1. The first-order valence-corrected chi connectivity index (χ1v) is 10.1. The van der Waals surface area contributed by atoms with Gasteiger partial charge in [-0.15, -0.1) is 11.8 Å². The standard InChI is InChI=1S/C21H13Cl2NO3S/c22-14-9-7-13(8-10-14)18-19(28-12-15-4-3-11-27-15)21(26)24(20(18)25)17-6-2-1-5-16(17)23/h1-11H,12H2. The van der Waals surface area contributed by atoms with Crippen molar-refractivity contribution in [2.75, 3.05) is 4.90 Å². The predicted molar refractivity (Wildman–Crippen MR) is 112 cm³/mol. The largest absolute Gasteiger partial charge is 0.468 e. The third kappa shape index (κ3) is 3.49. The molecule has 1 aliphatic rings. The molecule has 3 aromatic rings. The second kappa shape index (κ2) is 7.87. The highest BCUT2D eigenvalue weighted by atomic mass is 35.5. The monoisotopic (exact) mass is 429 g/mol. The van der Waals surface area contributed by atoms with Gasteiger partial charge in [-0.05, 0) is 42.0 Å². The van der Waals surface area contributed by atoms with Crippen molar-refractivity contribution in [3.63, 3.8) is 0 Å². The van der Waals surface area contributed by atoms with Crippen LogP contribution in [0.5, 0.6) is 0 Å². The topological polar surface area (TPSA) is 50.5 Å². The quantitative estimate of drug-likeness (QED) is 0.480. The van der Waals surface area contributed by atoms with Gasteiger partial charge in [0.2, 0.25) is 0 Å². The number of amides is 2. The highest BCUT2D eigenvalue weighted by molar-refractivity contribution is 8.03. The van der Waals surface area contributed by atoms with Crippen LogP contribution in [0.3, 0.4) is 0 Å². The minimum absolute atomic E-state index is 0.331.